The molecule has 0 unspecified atom stereocenters. The second-order valence-corrected chi connectivity index (χ2v) is 14.7. The van der Waals surface area contributed by atoms with Crippen molar-refractivity contribution in [3.8, 4) is 5.88 Å². The number of alkyl halides is 3. The molecule has 3 heterocycles. The molecule has 3 fully saturated rings. The quantitative estimate of drug-likeness (QED) is 0.469. The minimum Gasteiger partial charge on any atom is -0.477 e. The van der Waals surface area contributed by atoms with Gasteiger partial charge in [0, 0.05) is 50.9 Å². The number of carbonyl (C=O) groups is 1. The number of sulfone groups is 1. The fourth-order valence-electron chi connectivity index (χ4n) is 5.41. The molecule has 1 aromatic heterocycles. The molecule has 0 radical (unpaired) electrons. The van der Waals surface area contributed by atoms with Gasteiger partial charge in [-0.25, -0.2) is 18.2 Å². The van der Waals surface area contributed by atoms with Crippen molar-refractivity contribution >= 4 is 26.0 Å². The Hall–Kier alpha value is -2.01. The van der Waals surface area contributed by atoms with Gasteiger partial charge in [-0.05, 0) is 29.9 Å². The Morgan fingerprint density at radius 2 is 1.73 bits per heavy atom. The van der Waals surface area contributed by atoms with E-state index in [1.54, 1.807) is 10.5 Å². The lowest BCUT2D eigenvalue weighted by atomic mass is 9.75. The van der Waals surface area contributed by atoms with Crippen LogP contribution in [0, 0.1) is 17.8 Å². The largest absolute Gasteiger partial charge is 0.490 e. The number of hydrogen-bond acceptors (Lipinski definition) is 8. The second-order valence-electron chi connectivity index (χ2n) is 10.5. The SMILES string of the molecule is NCc1ccnc(OC[C@H]2C[C@@H](C3CCCCC3)CN(S(=O)(=O)N3CCS(=O)(=O)CC3)C2)c1.O=C(O)C(F)(F)F. The van der Waals surface area contributed by atoms with Gasteiger partial charge >= 0.3 is 12.1 Å². The van der Waals surface area contributed by atoms with E-state index in [-0.39, 0.29) is 30.5 Å². The lowest BCUT2D eigenvalue weighted by Gasteiger charge is -2.43. The van der Waals surface area contributed by atoms with Crippen molar-refractivity contribution in [1.29, 1.82) is 0 Å². The van der Waals surface area contributed by atoms with Crippen LogP contribution in [0.1, 0.15) is 44.1 Å². The first-order valence-corrected chi connectivity index (χ1v) is 16.5. The monoisotopic (exact) mass is 614 g/mol. The molecule has 40 heavy (non-hydrogen) atoms. The third kappa shape index (κ3) is 9.26. The molecule has 2 aliphatic heterocycles. The molecular weight excluding hydrogens is 577 g/mol. The molecule has 16 heteroatoms. The first kappa shape index (κ1) is 32.5. The van der Waals surface area contributed by atoms with E-state index in [2.05, 4.69) is 4.98 Å². The van der Waals surface area contributed by atoms with Crippen LogP contribution in [0.5, 0.6) is 5.88 Å². The highest BCUT2D eigenvalue weighted by Gasteiger charge is 2.41. The van der Waals surface area contributed by atoms with Gasteiger partial charge in [0.2, 0.25) is 5.88 Å². The standard InChI is InChI=1S/C22H36N4O5S2.C2HF3O2/c23-14-18-6-7-24-22(13-18)31-17-19-12-21(20-4-2-1-3-5-20)16-26(15-19)33(29,30)25-8-10-32(27,28)11-9-25;3-2(4,5)1(6)7/h6-7,13,19-21H,1-5,8-12,14-17,23H2;(H,6,7)/t19-,21+;/m0./s1. The molecule has 1 aromatic rings. The number of hydrogen-bond donors (Lipinski definition) is 2. The Morgan fingerprint density at radius 3 is 2.30 bits per heavy atom. The Bertz CT molecular complexity index is 1200. The van der Waals surface area contributed by atoms with Crippen molar-refractivity contribution in [2.75, 3.05) is 44.3 Å². The van der Waals surface area contributed by atoms with Gasteiger partial charge in [0.05, 0.1) is 18.1 Å². The van der Waals surface area contributed by atoms with Crippen LogP contribution in [0.4, 0.5) is 13.2 Å². The van der Waals surface area contributed by atoms with Crippen LogP contribution in [0.25, 0.3) is 0 Å². The van der Waals surface area contributed by atoms with Crippen molar-refractivity contribution in [2.45, 2.75) is 51.2 Å². The van der Waals surface area contributed by atoms with Gasteiger partial charge in [-0.2, -0.15) is 30.2 Å². The molecule has 228 valence electrons. The van der Waals surface area contributed by atoms with Gasteiger partial charge in [-0.3, -0.25) is 0 Å². The summed E-state index contributed by atoms with van der Waals surface area (Å²) in [5, 5.41) is 7.12. The van der Waals surface area contributed by atoms with E-state index in [1.165, 1.54) is 23.6 Å². The number of nitrogens with two attached hydrogens (primary N) is 1. The molecule has 1 saturated carbocycles. The lowest BCUT2D eigenvalue weighted by molar-refractivity contribution is -0.192. The number of ether oxygens (including phenoxy) is 1. The summed E-state index contributed by atoms with van der Waals surface area (Å²) in [6.45, 7) is 1.76. The fraction of sp³-hybridized carbons (Fsp3) is 0.750. The maximum atomic E-state index is 13.5. The van der Waals surface area contributed by atoms with Crippen LogP contribution >= 0.6 is 0 Å². The van der Waals surface area contributed by atoms with E-state index >= 15 is 0 Å². The molecule has 2 saturated heterocycles. The van der Waals surface area contributed by atoms with Crippen LogP contribution in [-0.4, -0.2) is 92.0 Å². The molecule has 1 aliphatic carbocycles. The number of carboxylic acid groups (broad SMARTS) is 1. The highest BCUT2D eigenvalue weighted by Crippen LogP contribution is 2.38. The van der Waals surface area contributed by atoms with Gasteiger partial charge < -0.3 is 15.6 Å². The number of carboxylic acids is 1. The lowest BCUT2D eigenvalue weighted by Crippen LogP contribution is -2.55. The number of aliphatic carboxylic acids is 1. The van der Waals surface area contributed by atoms with Crippen LogP contribution in [0.15, 0.2) is 18.3 Å². The molecule has 3 aliphatic rings. The van der Waals surface area contributed by atoms with Gasteiger partial charge in [0.1, 0.15) is 0 Å². The van der Waals surface area contributed by atoms with Crippen LogP contribution in [0.3, 0.4) is 0 Å². The van der Waals surface area contributed by atoms with Crippen molar-refractivity contribution in [3.05, 3.63) is 23.9 Å². The average molecular weight is 615 g/mol. The van der Waals surface area contributed by atoms with E-state index in [0.717, 1.165) is 24.8 Å². The number of rotatable bonds is 7. The summed E-state index contributed by atoms with van der Waals surface area (Å²) in [5.41, 5.74) is 6.65. The summed E-state index contributed by atoms with van der Waals surface area (Å²) >= 11 is 0. The van der Waals surface area contributed by atoms with E-state index in [1.807, 2.05) is 12.1 Å². The molecule has 11 nitrogen and oxygen atoms in total. The van der Waals surface area contributed by atoms with Crippen LogP contribution in [0.2, 0.25) is 0 Å². The zero-order chi connectivity index (χ0) is 29.6. The van der Waals surface area contributed by atoms with Gasteiger partial charge in [-0.1, -0.05) is 32.1 Å². The van der Waals surface area contributed by atoms with E-state index in [9.17, 15) is 30.0 Å². The average Bonchev–Trinajstić information content (AvgIpc) is 2.92. The molecular formula is C24H37F3N4O7S2. The molecule has 4 rings (SSSR count). The molecule has 2 atom stereocenters. The number of nitrogens with zero attached hydrogens (tertiary/aromatic N) is 3. The summed E-state index contributed by atoms with van der Waals surface area (Å²) in [4.78, 5) is 13.2. The normalized spacial score (nSPS) is 25.0. The Kier molecular flexibility index (Phi) is 11.2. The van der Waals surface area contributed by atoms with Crippen molar-refractivity contribution in [1.82, 2.24) is 13.6 Å². The molecule has 0 aromatic carbocycles. The number of aromatic nitrogens is 1. The highest BCUT2D eigenvalue weighted by molar-refractivity contribution is 7.91. The van der Waals surface area contributed by atoms with Gasteiger partial charge in [0.25, 0.3) is 10.2 Å². The minimum atomic E-state index is -5.08. The third-order valence-electron chi connectivity index (χ3n) is 7.55. The zero-order valence-corrected chi connectivity index (χ0v) is 23.8. The second kappa shape index (κ2) is 13.8. The first-order chi connectivity index (χ1) is 18.7. The Morgan fingerprint density at radius 1 is 1.10 bits per heavy atom. The smallest absolute Gasteiger partial charge is 0.477 e. The van der Waals surface area contributed by atoms with E-state index in [4.69, 9.17) is 20.4 Å². The molecule has 0 amide bonds. The predicted molar refractivity (Wildman–Crippen MR) is 140 cm³/mol. The van der Waals surface area contributed by atoms with Crippen molar-refractivity contribution in [2.24, 2.45) is 23.5 Å². The topological polar surface area (TPSA) is 160 Å². The minimum absolute atomic E-state index is 0.0340. The zero-order valence-electron chi connectivity index (χ0n) is 22.1. The van der Waals surface area contributed by atoms with Gasteiger partial charge in [-0.15, -0.1) is 0 Å². The first-order valence-electron chi connectivity index (χ1n) is 13.2. The maximum Gasteiger partial charge on any atom is 0.490 e. The van der Waals surface area contributed by atoms with E-state index in [0.29, 0.717) is 44.0 Å². The molecule has 0 bridgehead atoms. The molecule has 3 N–H and O–H groups in total. The van der Waals surface area contributed by atoms with Gasteiger partial charge in [0.15, 0.2) is 9.84 Å². The number of piperidine rings is 1. The van der Waals surface area contributed by atoms with Crippen molar-refractivity contribution < 1.29 is 44.6 Å². The highest BCUT2D eigenvalue weighted by atomic mass is 32.2. The Balaban J connectivity index is 0.000000559. The van der Waals surface area contributed by atoms with Crippen LogP contribution in [-0.2, 0) is 31.4 Å². The van der Waals surface area contributed by atoms with Crippen molar-refractivity contribution in [3.63, 3.8) is 0 Å². The summed E-state index contributed by atoms with van der Waals surface area (Å²) in [6, 6.07) is 3.67. The summed E-state index contributed by atoms with van der Waals surface area (Å²) in [7, 11) is -6.87. The van der Waals surface area contributed by atoms with E-state index < -0.39 is 32.2 Å². The predicted octanol–water partition coefficient (Wildman–Crippen LogP) is 2.05. The third-order valence-corrected chi connectivity index (χ3v) is 11.1. The number of halogens is 3. The fourth-order valence-corrected chi connectivity index (χ4v) is 8.59. The summed E-state index contributed by atoms with van der Waals surface area (Å²) in [5.74, 6) is -1.60. The molecule has 0 spiro atoms. The number of pyridine rings is 1. The summed E-state index contributed by atoms with van der Waals surface area (Å²) in [6.07, 6.45) is 3.47. The maximum absolute atomic E-state index is 13.5. The Labute approximate surface area is 233 Å². The summed E-state index contributed by atoms with van der Waals surface area (Å²) < 4.78 is 91.2. The van der Waals surface area contributed by atoms with Crippen LogP contribution < -0.4 is 10.5 Å².